The first-order valence-electron chi connectivity index (χ1n) is 30.1. The van der Waals surface area contributed by atoms with Crippen LogP contribution in [0, 0.1) is 0 Å². The highest BCUT2D eigenvalue weighted by atomic mass is 32.1. The number of fused-ring (bicyclic) bond motifs is 6. The van der Waals surface area contributed by atoms with Gasteiger partial charge in [0.25, 0.3) is 0 Å². The van der Waals surface area contributed by atoms with E-state index in [9.17, 15) is 0 Å². The quantitative estimate of drug-likeness (QED) is 0.0301. The van der Waals surface area contributed by atoms with Gasteiger partial charge in [0.15, 0.2) is 0 Å². The van der Waals surface area contributed by atoms with Crippen molar-refractivity contribution in [2.75, 3.05) is 111 Å². The molecule has 0 amide bonds. The molecule has 6 aromatic rings. The summed E-state index contributed by atoms with van der Waals surface area (Å²) in [5.74, 6) is 0. The largest absolute Gasteiger partial charge is 0.331 e. The first-order chi connectivity index (χ1) is 36.1. The van der Waals surface area contributed by atoms with Crippen molar-refractivity contribution in [2.45, 2.75) is 139 Å². The van der Waals surface area contributed by atoms with Crippen LogP contribution in [0.15, 0.2) is 109 Å². The van der Waals surface area contributed by atoms with Gasteiger partial charge in [-0.1, -0.05) is 124 Å². The Balaban J connectivity index is 1.04. The molecule has 0 atom stereocenters. The molecule has 0 saturated carbocycles. The molecule has 2 aromatic heterocycles. The molecule has 2 heterocycles. The van der Waals surface area contributed by atoms with Crippen molar-refractivity contribution in [3.63, 3.8) is 0 Å². The molecule has 76 heavy (non-hydrogen) atoms. The summed E-state index contributed by atoms with van der Waals surface area (Å²) in [6.45, 7) is 5.01. The second-order valence-electron chi connectivity index (χ2n) is 27.8. The van der Waals surface area contributed by atoms with Gasteiger partial charge in [-0.25, -0.2) is 0 Å². The maximum Gasteiger partial charge on any atom is 0.0780 e. The van der Waals surface area contributed by atoms with Crippen molar-refractivity contribution >= 4 is 22.7 Å². The highest BCUT2D eigenvalue weighted by Crippen LogP contribution is 2.57. The van der Waals surface area contributed by atoms with Gasteiger partial charge in [-0.15, -0.1) is 22.7 Å². The maximum absolute atomic E-state index is 2.64. The first-order valence-corrected chi connectivity index (χ1v) is 31.7. The molecule has 4 aromatic carbocycles. The van der Waals surface area contributed by atoms with Gasteiger partial charge in [-0.2, -0.15) is 0 Å². The van der Waals surface area contributed by atoms with E-state index in [2.05, 4.69) is 194 Å². The molecule has 410 valence electrons. The summed E-state index contributed by atoms with van der Waals surface area (Å²) < 4.78 is 4.23. The summed E-state index contributed by atoms with van der Waals surface area (Å²) in [5, 5.41) is 0. The normalized spacial score (nSPS) is 14.7. The lowest BCUT2D eigenvalue weighted by atomic mass is 9.70. The molecule has 4 nitrogen and oxygen atoms in total. The highest BCUT2D eigenvalue weighted by Gasteiger charge is 2.44. The predicted octanol–water partition coefficient (Wildman–Crippen LogP) is 18.0. The Bertz CT molecular complexity index is 2550. The van der Waals surface area contributed by atoms with Gasteiger partial charge < -0.3 is 17.9 Å². The Labute approximate surface area is 472 Å². The van der Waals surface area contributed by atoms with Crippen molar-refractivity contribution in [3.8, 4) is 52.9 Å². The lowest BCUT2D eigenvalue weighted by Crippen LogP contribution is -2.35. The SMILES string of the molecule is C[N+](C)(C)CCCCCCC1(CCCCCC[N+](C)(C)C)c2ccccc2-c2ccc(-c3ccc(-c4ccc(-c5ccc6c(c5)C(CCCCCC[N+](C)(C)C)(CCCCCC[N+](C)(C)C)c5ccccc5-6)s4)s3)cc21. The fourth-order valence-corrected chi connectivity index (χ4v) is 15.4. The molecule has 2 aliphatic rings. The van der Waals surface area contributed by atoms with Crippen LogP contribution in [0.5, 0.6) is 0 Å². The number of nitrogens with zero attached hydrogens (tertiary/aromatic N) is 4. The number of quaternary nitrogens is 4. The smallest absolute Gasteiger partial charge is 0.0780 e. The minimum Gasteiger partial charge on any atom is -0.331 e. The van der Waals surface area contributed by atoms with E-state index in [1.165, 1.54) is 207 Å². The number of hydrogen-bond acceptors (Lipinski definition) is 2. The minimum atomic E-state index is 0.0662. The van der Waals surface area contributed by atoms with Crippen LogP contribution < -0.4 is 0 Å². The summed E-state index contributed by atoms with van der Waals surface area (Å²) >= 11 is 3.97. The molecule has 0 N–H and O–H groups in total. The molecule has 2 aliphatic carbocycles. The molecule has 0 fully saturated rings. The third-order valence-electron chi connectivity index (χ3n) is 17.3. The third kappa shape index (κ3) is 14.9. The van der Waals surface area contributed by atoms with Gasteiger partial charge in [0.05, 0.1) is 111 Å². The van der Waals surface area contributed by atoms with Crippen molar-refractivity contribution in [2.24, 2.45) is 0 Å². The summed E-state index contributed by atoms with van der Waals surface area (Å²) in [6.07, 6.45) is 25.9. The van der Waals surface area contributed by atoms with Crippen LogP contribution in [-0.4, -0.2) is 129 Å². The van der Waals surface area contributed by atoms with E-state index >= 15 is 0 Å². The van der Waals surface area contributed by atoms with Gasteiger partial charge in [-0.05, 0) is 169 Å². The summed E-state index contributed by atoms with van der Waals surface area (Å²) in [4.78, 5) is 5.52. The molecular weight excluding hydrogens is 961 g/mol. The van der Waals surface area contributed by atoms with Crippen LogP contribution in [-0.2, 0) is 10.8 Å². The molecule has 0 unspecified atom stereocenters. The Hall–Kier alpha value is -3.88. The minimum absolute atomic E-state index is 0.0662. The van der Waals surface area contributed by atoms with Crippen molar-refractivity contribution in [3.05, 3.63) is 131 Å². The van der Waals surface area contributed by atoms with Crippen LogP contribution in [0.2, 0.25) is 0 Å². The monoisotopic (exact) mass is 1060 g/mol. The van der Waals surface area contributed by atoms with E-state index in [1.807, 2.05) is 22.7 Å². The number of hydrogen-bond donors (Lipinski definition) is 0. The third-order valence-corrected chi connectivity index (χ3v) is 19.8. The van der Waals surface area contributed by atoms with E-state index < -0.39 is 0 Å². The van der Waals surface area contributed by atoms with Gasteiger partial charge in [0.1, 0.15) is 0 Å². The molecule has 8 rings (SSSR count). The van der Waals surface area contributed by atoms with Crippen molar-refractivity contribution in [1.29, 1.82) is 0 Å². The van der Waals surface area contributed by atoms with Crippen LogP contribution in [0.25, 0.3) is 52.9 Å². The Kier molecular flexibility index (Phi) is 19.2. The van der Waals surface area contributed by atoms with Crippen LogP contribution in [0.3, 0.4) is 0 Å². The zero-order chi connectivity index (χ0) is 54.2. The lowest BCUT2D eigenvalue weighted by Gasteiger charge is -2.33. The number of unbranched alkanes of at least 4 members (excludes halogenated alkanes) is 12. The topological polar surface area (TPSA) is 0 Å². The zero-order valence-corrected chi connectivity index (χ0v) is 51.6. The molecule has 0 aliphatic heterocycles. The number of benzene rings is 4. The van der Waals surface area contributed by atoms with Crippen molar-refractivity contribution < 1.29 is 17.9 Å². The Morgan fingerprint density at radius 1 is 0.276 bits per heavy atom. The first kappa shape index (κ1) is 58.3. The second-order valence-corrected chi connectivity index (χ2v) is 30.0. The standard InChI is InChI=1S/C70H102N4S2/c1-71(2,3)49-29-17-13-25-45-69(46-26-14-18-30-50-72(4,5)6)61-35-23-21-33-57(61)59-39-37-55(53-63(59)69)65-41-43-67(75-65)68-44-42-66(76-68)56-38-40-60-58-34-22-24-36-62(58)70(64(60)54-56,47-27-15-19-31-51-73(7,8)9)48-28-16-20-32-52-74(10,11)12/h21-24,33-44,53-54H,13-20,25-32,45-52H2,1-12H3/q+4. The van der Waals surface area contributed by atoms with E-state index in [0.29, 0.717) is 0 Å². The molecule has 0 radical (unpaired) electrons. The molecule has 0 spiro atoms. The van der Waals surface area contributed by atoms with Crippen LogP contribution >= 0.6 is 22.7 Å². The zero-order valence-electron chi connectivity index (χ0n) is 50.0. The molecular formula is C70H102N4S2+4. The summed E-state index contributed by atoms with van der Waals surface area (Å²) in [7, 11) is 28.0. The average molecular weight is 1060 g/mol. The fraction of sp³-hybridized carbons (Fsp3) is 0.543. The van der Waals surface area contributed by atoms with Gasteiger partial charge >= 0.3 is 0 Å². The predicted molar refractivity (Wildman–Crippen MR) is 335 cm³/mol. The van der Waals surface area contributed by atoms with E-state index in [4.69, 9.17) is 0 Å². The van der Waals surface area contributed by atoms with Crippen molar-refractivity contribution in [1.82, 2.24) is 0 Å². The van der Waals surface area contributed by atoms with Crippen LogP contribution in [0.1, 0.15) is 151 Å². The summed E-state index contributed by atoms with van der Waals surface area (Å²) in [5.41, 5.74) is 15.1. The lowest BCUT2D eigenvalue weighted by molar-refractivity contribution is -0.870. The molecule has 6 heteroatoms. The van der Waals surface area contributed by atoms with E-state index in [1.54, 1.807) is 22.3 Å². The average Bonchev–Trinajstić information content (AvgIpc) is 4.17. The molecule has 0 bridgehead atoms. The van der Waals surface area contributed by atoms with Gasteiger partial charge in [-0.3, -0.25) is 0 Å². The van der Waals surface area contributed by atoms with E-state index in [0.717, 1.165) is 17.9 Å². The maximum atomic E-state index is 2.64. The number of thiophene rings is 2. The summed E-state index contributed by atoms with van der Waals surface area (Å²) in [6, 6.07) is 43.8. The highest BCUT2D eigenvalue weighted by molar-refractivity contribution is 7.25. The van der Waals surface area contributed by atoms with Gasteiger partial charge in [0.2, 0.25) is 0 Å². The Morgan fingerprint density at radius 3 is 0.868 bits per heavy atom. The second kappa shape index (κ2) is 25.1. The fourth-order valence-electron chi connectivity index (χ4n) is 13.3. The Morgan fingerprint density at radius 2 is 0.553 bits per heavy atom. The van der Waals surface area contributed by atoms with Crippen LogP contribution in [0.4, 0.5) is 0 Å². The van der Waals surface area contributed by atoms with E-state index in [-0.39, 0.29) is 10.8 Å². The number of rotatable bonds is 31. The van der Waals surface area contributed by atoms with Gasteiger partial charge in [0, 0.05) is 30.3 Å². The molecule has 0 saturated heterocycles.